The lowest BCUT2D eigenvalue weighted by Crippen LogP contribution is -2.00. The number of hydrogen-bond acceptors (Lipinski definition) is 2. The predicted molar refractivity (Wildman–Crippen MR) is 82.1 cm³/mol. The van der Waals surface area contributed by atoms with Gasteiger partial charge in [0, 0.05) is 35.4 Å². The van der Waals surface area contributed by atoms with Gasteiger partial charge in [0.1, 0.15) is 0 Å². The molecule has 2 rings (SSSR count). The van der Waals surface area contributed by atoms with Crippen LogP contribution in [0, 0.1) is 0 Å². The molecule has 0 aliphatic heterocycles. The van der Waals surface area contributed by atoms with E-state index in [9.17, 15) is 0 Å². The molecule has 0 bridgehead atoms. The average Bonchev–Trinajstić information content (AvgIpc) is 2.74. The van der Waals surface area contributed by atoms with Crippen LogP contribution >= 0.6 is 11.8 Å². The summed E-state index contributed by atoms with van der Waals surface area (Å²) in [5, 5.41) is 1.38. The molecule has 0 aliphatic rings. The summed E-state index contributed by atoms with van der Waals surface area (Å²) in [6.45, 7) is 7.27. The minimum absolute atomic E-state index is 0.487. The Hall–Kier alpha value is -0.930. The molecule has 0 radical (unpaired) electrons. The lowest BCUT2D eigenvalue weighted by Gasteiger charge is -2.09. The molecule has 98 valence electrons. The van der Waals surface area contributed by atoms with Crippen LogP contribution in [0.3, 0.4) is 0 Å². The molecule has 2 nitrogen and oxygen atoms in total. The van der Waals surface area contributed by atoms with E-state index in [1.807, 2.05) is 11.8 Å². The summed E-state index contributed by atoms with van der Waals surface area (Å²) in [7, 11) is 0. The molecule has 0 spiro atoms. The Kier molecular flexibility index (Phi) is 4.36. The van der Waals surface area contributed by atoms with Crippen molar-refractivity contribution in [3.63, 3.8) is 0 Å². The highest BCUT2D eigenvalue weighted by Gasteiger charge is 2.10. The van der Waals surface area contributed by atoms with E-state index < -0.39 is 0 Å². The van der Waals surface area contributed by atoms with Crippen LogP contribution in [-0.4, -0.2) is 10.3 Å². The summed E-state index contributed by atoms with van der Waals surface area (Å²) in [6, 6.07) is 7.09. The van der Waals surface area contributed by atoms with Gasteiger partial charge in [0.25, 0.3) is 0 Å². The van der Waals surface area contributed by atoms with Crippen molar-refractivity contribution >= 4 is 22.7 Å². The standard InChI is InChI=1S/C15H22N2S/c1-4-18-10-13-9-17(11(2)3)15-7-12(8-16)5-6-14(13)15/h5-7,9,11H,4,8,10,16H2,1-3H3. The Morgan fingerprint density at radius 1 is 1.33 bits per heavy atom. The van der Waals surface area contributed by atoms with Gasteiger partial charge in [0.2, 0.25) is 0 Å². The molecule has 3 heteroatoms. The van der Waals surface area contributed by atoms with Gasteiger partial charge in [-0.05, 0) is 36.8 Å². The SMILES string of the molecule is CCSCc1cn(C(C)C)c2cc(CN)ccc12. The van der Waals surface area contributed by atoms with Gasteiger partial charge in [-0.3, -0.25) is 0 Å². The Balaban J connectivity index is 2.53. The van der Waals surface area contributed by atoms with Crippen molar-refractivity contribution in [2.24, 2.45) is 5.73 Å². The van der Waals surface area contributed by atoms with Gasteiger partial charge < -0.3 is 10.3 Å². The van der Waals surface area contributed by atoms with Gasteiger partial charge in [0.05, 0.1) is 0 Å². The van der Waals surface area contributed by atoms with Crippen molar-refractivity contribution in [1.29, 1.82) is 0 Å². The molecule has 1 aromatic heterocycles. The Morgan fingerprint density at radius 3 is 2.72 bits per heavy atom. The summed E-state index contributed by atoms with van der Waals surface area (Å²) < 4.78 is 2.36. The predicted octanol–water partition coefficient (Wildman–Crippen LogP) is 3.93. The fourth-order valence-corrected chi connectivity index (χ4v) is 2.90. The number of nitrogens with zero attached hydrogens (tertiary/aromatic N) is 1. The van der Waals surface area contributed by atoms with E-state index in [1.54, 1.807) is 0 Å². The number of nitrogens with two attached hydrogens (primary N) is 1. The minimum atomic E-state index is 0.487. The van der Waals surface area contributed by atoms with Gasteiger partial charge in [-0.15, -0.1) is 0 Å². The van der Waals surface area contributed by atoms with Crippen molar-refractivity contribution in [2.45, 2.75) is 39.1 Å². The fraction of sp³-hybridized carbons (Fsp3) is 0.467. The Labute approximate surface area is 114 Å². The van der Waals surface area contributed by atoms with Gasteiger partial charge in [0.15, 0.2) is 0 Å². The average molecular weight is 262 g/mol. The largest absolute Gasteiger partial charge is 0.345 e. The summed E-state index contributed by atoms with van der Waals surface area (Å²) in [4.78, 5) is 0. The van der Waals surface area contributed by atoms with Crippen molar-refractivity contribution in [2.75, 3.05) is 5.75 Å². The molecule has 0 saturated carbocycles. The second-order valence-electron chi connectivity index (χ2n) is 4.85. The van der Waals surface area contributed by atoms with Crippen LogP contribution in [0.15, 0.2) is 24.4 Å². The number of benzene rings is 1. The maximum atomic E-state index is 5.74. The van der Waals surface area contributed by atoms with E-state index in [1.165, 1.54) is 22.0 Å². The minimum Gasteiger partial charge on any atom is -0.345 e. The fourth-order valence-electron chi connectivity index (χ4n) is 2.25. The molecule has 18 heavy (non-hydrogen) atoms. The van der Waals surface area contributed by atoms with Crippen molar-refractivity contribution in [3.8, 4) is 0 Å². The molecule has 2 aromatic rings. The maximum Gasteiger partial charge on any atom is 0.0489 e. The summed E-state index contributed by atoms with van der Waals surface area (Å²) in [6.07, 6.45) is 2.30. The molecule has 0 saturated heterocycles. The second kappa shape index (κ2) is 5.81. The molecule has 0 fully saturated rings. The zero-order chi connectivity index (χ0) is 13.1. The summed E-state index contributed by atoms with van der Waals surface area (Å²) in [5.41, 5.74) is 9.70. The van der Waals surface area contributed by atoms with Gasteiger partial charge in [-0.25, -0.2) is 0 Å². The molecular formula is C15H22N2S. The van der Waals surface area contributed by atoms with E-state index in [0.29, 0.717) is 12.6 Å². The smallest absolute Gasteiger partial charge is 0.0489 e. The van der Waals surface area contributed by atoms with Crippen LogP contribution in [0.4, 0.5) is 0 Å². The van der Waals surface area contributed by atoms with Crippen molar-refractivity contribution in [3.05, 3.63) is 35.5 Å². The number of hydrogen-bond donors (Lipinski definition) is 1. The van der Waals surface area contributed by atoms with Crippen molar-refractivity contribution in [1.82, 2.24) is 4.57 Å². The number of rotatable bonds is 5. The maximum absolute atomic E-state index is 5.74. The first-order valence-corrected chi connectivity index (χ1v) is 7.73. The van der Waals surface area contributed by atoms with Gasteiger partial charge in [-0.2, -0.15) is 11.8 Å². The third-order valence-corrected chi connectivity index (χ3v) is 4.16. The molecule has 0 amide bonds. The van der Waals surface area contributed by atoms with Crippen LogP contribution < -0.4 is 5.73 Å². The molecule has 0 atom stereocenters. The first-order valence-electron chi connectivity index (χ1n) is 6.57. The van der Waals surface area contributed by atoms with E-state index >= 15 is 0 Å². The zero-order valence-corrected chi connectivity index (χ0v) is 12.3. The molecule has 0 aliphatic carbocycles. The van der Waals surface area contributed by atoms with Crippen LogP contribution in [0.25, 0.3) is 10.9 Å². The van der Waals surface area contributed by atoms with E-state index in [4.69, 9.17) is 5.73 Å². The quantitative estimate of drug-likeness (QED) is 0.885. The number of fused-ring (bicyclic) bond motifs is 1. The van der Waals surface area contributed by atoms with E-state index in [2.05, 4.69) is 49.7 Å². The number of aromatic nitrogens is 1. The zero-order valence-electron chi connectivity index (χ0n) is 11.4. The summed E-state index contributed by atoms with van der Waals surface area (Å²) in [5.74, 6) is 2.25. The molecule has 1 heterocycles. The highest BCUT2D eigenvalue weighted by molar-refractivity contribution is 7.98. The van der Waals surface area contributed by atoms with Crippen molar-refractivity contribution < 1.29 is 0 Å². The topological polar surface area (TPSA) is 30.9 Å². The molecular weight excluding hydrogens is 240 g/mol. The lowest BCUT2D eigenvalue weighted by atomic mass is 10.1. The van der Waals surface area contributed by atoms with E-state index in [-0.39, 0.29) is 0 Å². The molecule has 0 unspecified atom stereocenters. The first-order chi connectivity index (χ1) is 8.67. The summed E-state index contributed by atoms with van der Waals surface area (Å²) >= 11 is 1.97. The number of thioether (sulfide) groups is 1. The Morgan fingerprint density at radius 2 is 2.11 bits per heavy atom. The highest BCUT2D eigenvalue weighted by atomic mass is 32.2. The van der Waals surface area contributed by atoms with Crippen LogP contribution in [0.1, 0.15) is 37.9 Å². The van der Waals surface area contributed by atoms with Crippen LogP contribution in [0.2, 0.25) is 0 Å². The molecule has 1 aromatic carbocycles. The van der Waals surface area contributed by atoms with E-state index in [0.717, 1.165) is 11.5 Å². The van der Waals surface area contributed by atoms with Crippen LogP contribution in [-0.2, 0) is 12.3 Å². The first kappa shape index (κ1) is 13.5. The highest BCUT2D eigenvalue weighted by Crippen LogP contribution is 2.28. The van der Waals surface area contributed by atoms with Gasteiger partial charge >= 0.3 is 0 Å². The van der Waals surface area contributed by atoms with Crippen LogP contribution in [0.5, 0.6) is 0 Å². The monoisotopic (exact) mass is 262 g/mol. The third kappa shape index (κ3) is 2.57. The lowest BCUT2D eigenvalue weighted by molar-refractivity contribution is 0.621. The normalized spacial score (nSPS) is 11.6. The third-order valence-electron chi connectivity index (χ3n) is 3.23. The molecule has 2 N–H and O–H groups in total. The second-order valence-corrected chi connectivity index (χ2v) is 6.12. The van der Waals surface area contributed by atoms with Gasteiger partial charge in [-0.1, -0.05) is 19.1 Å². The Bertz CT molecular complexity index is 529.